The summed E-state index contributed by atoms with van der Waals surface area (Å²) in [5.74, 6) is -1.28. The molecule has 1 fully saturated rings. The van der Waals surface area contributed by atoms with E-state index in [1.807, 2.05) is 0 Å². The van der Waals surface area contributed by atoms with Gasteiger partial charge in [0.15, 0.2) is 0 Å². The van der Waals surface area contributed by atoms with Crippen molar-refractivity contribution in [2.24, 2.45) is 5.41 Å². The Balaban J connectivity index is 1.73. The summed E-state index contributed by atoms with van der Waals surface area (Å²) in [6.07, 6.45) is -3.63. The molecule has 0 bridgehead atoms. The van der Waals surface area contributed by atoms with Crippen molar-refractivity contribution in [2.45, 2.75) is 45.4 Å². The van der Waals surface area contributed by atoms with E-state index in [0.717, 1.165) is 12.1 Å². The molecule has 1 aliphatic carbocycles. The van der Waals surface area contributed by atoms with Crippen molar-refractivity contribution in [1.82, 2.24) is 0 Å². The summed E-state index contributed by atoms with van der Waals surface area (Å²) in [4.78, 5) is 12.5. The number of para-hydroxylation sites is 1. The number of rotatable bonds is 5. The highest BCUT2D eigenvalue weighted by molar-refractivity contribution is 6.11. The van der Waals surface area contributed by atoms with Gasteiger partial charge in [-0.1, -0.05) is 12.1 Å². The Kier molecular flexibility index (Phi) is 6.04. The Hall–Kier alpha value is -3.36. The number of hydrogen-bond donors (Lipinski definition) is 3. The molecule has 0 aliphatic heterocycles. The number of ether oxygens (including phenoxy) is 2. The molecule has 0 atom stereocenters. The van der Waals surface area contributed by atoms with Crippen LogP contribution in [-0.2, 0) is 20.4 Å². The number of anilines is 2. The van der Waals surface area contributed by atoms with Gasteiger partial charge in [-0.2, -0.15) is 13.2 Å². The first-order valence-electron chi connectivity index (χ1n) is 9.94. The van der Waals surface area contributed by atoms with E-state index in [1.165, 1.54) is 12.1 Å². The first-order valence-corrected chi connectivity index (χ1v) is 9.94. The third-order valence-corrected chi connectivity index (χ3v) is 4.84. The molecule has 0 radical (unpaired) electrons. The number of nitrogens with one attached hydrogen (secondary N) is 3. The van der Waals surface area contributed by atoms with Gasteiger partial charge in [0.25, 0.3) is 0 Å². The van der Waals surface area contributed by atoms with Crippen LogP contribution in [0.25, 0.3) is 0 Å². The number of esters is 1. The summed E-state index contributed by atoms with van der Waals surface area (Å²) in [5.41, 5.74) is -1.57. The highest BCUT2D eigenvalue weighted by atomic mass is 19.4. The third-order valence-electron chi connectivity index (χ3n) is 4.84. The topological polar surface area (TPSA) is 95.3 Å². The van der Waals surface area contributed by atoms with Gasteiger partial charge >= 0.3 is 12.1 Å². The predicted molar refractivity (Wildman–Crippen MR) is 114 cm³/mol. The Morgan fingerprint density at radius 1 is 1.00 bits per heavy atom. The fourth-order valence-electron chi connectivity index (χ4n) is 2.97. The van der Waals surface area contributed by atoms with Gasteiger partial charge < -0.3 is 14.8 Å². The van der Waals surface area contributed by atoms with E-state index < -0.39 is 28.7 Å². The zero-order valence-electron chi connectivity index (χ0n) is 17.9. The quantitative estimate of drug-likeness (QED) is 0.303. The Bertz CT molecular complexity index is 1040. The van der Waals surface area contributed by atoms with Crippen LogP contribution < -0.4 is 5.32 Å². The van der Waals surface area contributed by atoms with Crippen LogP contribution >= 0.6 is 0 Å². The lowest BCUT2D eigenvalue weighted by Crippen LogP contribution is -2.35. The molecule has 6 nitrogen and oxygen atoms in total. The fourth-order valence-corrected chi connectivity index (χ4v) is 2.97. The van der Waals surface area contributed by atoms with Gasteiger partial charge in [-0.05, 0) is 70.0 Å². The lowest BCUT2D eigenvalue weighted by molar-refractivity contribution is -0.159. The Labute approximate surface area is 183 Å². The maximum absolute atomic E-state index is 12.8. The molecule has 2 aromatic rings. The van der Waals surface area contributed by atoms with Crippen molar-refractivity contribution in [3.8, 4) is 0 Å². The molecule has 0 heterocycles. The Morgan fingerprint density at radius 2 is 1.59 bits per heavy atom. The molecule has 0 spiro atoms. The number of carbonyl (C=O) groups is 1. The number of carbonyl (C=O) groups excluding carboxylic acids is 1. The number of halogens is 3. The molecule has 0 aromatic heterocycles. The number of alkyl halides is 3. The van der Waals surface area contributed by atoms with Crippen LogP contribution in [0, 0.1) is 16.2 Å². The highest BCUT2D eigenvalue weighted by Crippen LogP contribution is 2.49. The molecule has 3 rings (SSSR count). The fraction of sp³-hybridized carbons (Fsp3) is 0.348. The minimum atomic E-state index is -4.43. The molecule has 32 heavy (non-hydrogen) atoms. The normalized spacial score (nSPS) is 14.9. The molecule has 0 unspecified atom stereocenters. The maximum atomic E-state index is 12.8. The van der Waals surface area contributed by atoms with E-state index in [-0.39, 0.29) is 17.4 Å². The molecule has 170 valence electrons. The monoisotopic (exact) mass is 447 g/mol. The van der Waals surface area contributed by atoms with Crippen molar-refractivity contribution in [3.63, 3.8) is 0 Å². The zero-order chi connectivity index (χ0) is 23.7. The van der Waals surface area contributed by atoms with Crippen LogP contribution in [0.5, 0.6) is 0 Å². The molecule has 3 N–H and O–H groups in total. The predicted octanol–water partition coefficient (Wildman–Crippen LogP) is 5.89. The van der Waals surface area contributed by atoms with E-state index in [2.05, 4.69) is 5.32 Å². The van der Waals surface area contributed by atoms with Gasteiger partial charge in [-0.15, -0.1) is 0 Å². The number of benzene rings is 2. The first-order chi connectivity index (χ1) is 14.8. The van der Waals surface area contributed by atoms with Crippen molar-refractivity contribution in [3.05, 3.63) is 59.7 Å². The SMILES string of the molecule is CC(C)(C)OC(=O)C1(C(=N)OC(=N)c2ccccc2Nc2ccc(C(F)(F)F)cc2)CC1. The van der Waals surface area contributed by atoms with Gasteiger partial charge in [0, 0.05) is 5.69 Å². The lowest BCUT2D eigenvalue weighted by Gasteiger charge is -2.24. The highest BCUT2D eigenvalue weighted by Gasteiger charge is 2.58. The van der Waals surface area contributed by atoms with Crippen LogP contribution in [0.1, 0.15) is 44.7 Å². The second-order valence-electron chi connectivity index (χ2n) is 8.59. The smallest absolute Gasteiger partial charge is 0.416 e. The lowest BCUT2D eigenvalue weighted by atomic mass is 10.1. The second-order valence-corrected chi connectivity index (χ2v) is 8.59. The van der Waals surface area contributed by atoms with Crippen LogP contribution in [0.4, 0.5) is 24.5 Å². The zero-order valence-corrected chi connectivity index (χ0v) is 17.9. The molecular formula is C23H24F3N3O3. The van der Waals surface area contributed by atoms with Crippen LogP contribution in [-0.4, -0.2) is 23.4 Å². The largest absolute Gasteiger partial charge is 0.459 e. The van der Waals surface area contributed by atoms with E-state index in [9.17, 15) is 18.0 Å². The van der Waals surface area contributed by atoms with Crippen molar-refractivity contribution in [2.75, 3.05) is 5.32 Å². The maximum Gasteiger partial charge on any atom is 0.416 e. The van der Waals surface area contributed by atoms with Crippen molar-refractivity contribution >= 4 is 29.1 Å². The van der Waals surface area contributed by atoms with E-state index in [4.69, 9.17) is 20.3 Å². The van der Waals surface area contributed by atoms with Gasteiger partial charge in [-0.25, -0.2) is 0 Å². The average molecular weight is 447 g/mol. The van der Waals surface area contributed by atoms with E-state index >= 15 is 0 Å². The first kappa shape index (κ1) is 23.3. The Morgan fingerprint density at radius 3 is 2.12 bits per heavy atom. The molecule has 1 aliphatic rings. The molecule has 9 heteroatoms. The van der Waals surface area contributed by atoms with Gasteiger partial charge in [0.2, 0.25) is 11.8 Å². The molecule has 0 saturated heterocycles. The number of hydrogen-bond acceptors (Lipinski definition) is 6. The minimum absolute atomic E-state index is 0.289. The molecule has 2 aromatic carbocycles. The van der Waals surface area contributed by atoms with E-state index in [0.29, 0.717) is 24.2 Å². The summed E-state index contributed by atoms with van der Waals surface area (Å²) >= 11 is 0. The second kappa shape index (κ2) is 8.29. The summed E-state index contributed by atoms with van der Waals surface area (Å²) in [6.45, 7) is 5.20. The summed E-state index contributed by atoms with van der Waals surface area (Å²) in [6, 6.07) is 11.1. The summed E-state index contributed by atoms with van der Waals surface area (Å²) < 4.78 is 49.1. The minimum Gasteiger partial charge on any atom is -0.459 e. The van der Waals surface area contributed by atoms with Crippen molar-refractivity contribution < 1.29 is 27.4 Å². The van der Waals surface area contributed by atoms with Gasteiger partial charge in [0.05, 0.1) is 16.8 Å². The summed E-state index contributed by atoms with van der Waals surface area (Å²) in [5, 5.41) is 19.5. The van der Waals surface area contributed by atoms with Crippen molar-refractivity contribution in [1.29, 1.82) is 10.8 Å². The van der Waals surface area contributed by atoms with Gasteiger partial charge in [0.1, 0.15) is 11.0 Å². The van der Waals surface area contributed by atoms with Crippen LogP contribution in [0.2, 0.25) is 0 Å². The van der Waals surface area contributed by atoms with Crippen LogP contribution in [0.3, 0.4) is 0 Å². The molecular weight excluding hydrogens is 423 g/mol. The standard InChI is InChI=1S/C23H24F3N3O3/c1-21(2,3)32-20(30)22(12-13-22)19(28)31-18(27)16-6-4-5-7-17(16)29-15-10-8-14(9-11-15)23(24,25)26/h4-11,27-29H,12-13H2,1-3H3. The molecule has 0 amide bonds. The van der Waals surface area contributed by atoms with E-state index in [1.54, 1.807) is 45.0 Å². The average Bonchev–Trinajstić information content (AvgIpc) is 3.49. The van der Waals surface area contributed by atoms with Gasteiger partial charge in [-0.3, -0.25) is 15.6 Å². The summed E-state index contributed by atoms with van der Waals surface area (Å²) in [7, 11) is 0. The third kappa shape index (κ3) is 5.27. The van der Waals surface area contributed by atoms with Crippen LogP contribution in [0.15, 0.2) is 48.5 Å². The molecule has 1 saturated carbocycles.